The van der Waals surface area contributed by atoms with E-state index in [4.69, 9.17) is 0 Å². The molecular weight excluding hydrogens is 208 g/mol. The minimum absolute atomic E-state index is 0.261. The van der Waals surface area contributed by atoms with Crippen LogP contribution in [0.2, 0.25) is 0 Å². The second-order valence-electron chi connectivity index (χ2n) is 4.35. The third kappa shape index (κ3) is 2.48. The van der Waals surface area contributed by atoms with Crippen LogP contribution in [0.5, 0.6) is 0 Å². The molecule has 1 amide bonds. The molecule has 0 bridgehead atoms. The highest BCUT2D eigenvalue weighted by atomic mass is 32.2. The monoisotopic (exact) mass is 228 g/mol. The number of nitrogens with one attached hydrogen (secondary N) is 1. The van der Waals surface area contributed by atoms with Gasteiger partial charge in [-0.15, -0.1) is 11.8 Å². The fourth-order valence-electron chi connectivity index (χ4n) is 2.16. The Balaban J connectivity index is 1.92. The number of carbonyl (C=O) groups excluding carboxylic acids is 1. The molecule has 1 unspecified atom stereocenters. The third-order valence-corrected chi connectivity index (χ3v) is 4.52. The summed E-state index contributed by atoms with van der Waals surface area (Å²) in [4.78, 5) is 14.4. The predicted octanol–water partition coefficient (Wildman–Crippen LogP) is 1.09. The summed E-state index contributed by atoms with van der Waals surface area (Å²) in [6.45, 7) is 5.06. The maximum Gasteiger partial charge on any atom is 0.236 e. The molecule has 2 aliphatic heterocycles. The Morgan fingerprint density at radius 1 is 1.53 bits per heavy atom. The minimum atomic E-state index is 0.261. The van der Waals surface area contributed by atoms with Crippen molar-refractivity contribution in [2.75, 3.05) is 25.4 Å². The molecule has 0 aromatic heterocycles. The van der Waals surface area contributed by atoms with Crippen LogP contribution in [0.15, 0.2) is 0 Å². The average Bonchev–Trinajstić information content (AvgIpc) is 2.66. The molecule has 4 heteroatoms. The molecule has 2 fully saturated rings. The smallest absolute Gasteiger partial charge is 0.236 e. The first-order chi connectivity index (χ1) is 7.33. The van der Waals surface area contributed by atoms with Gasteiger partial charge in [-0.3, -0.25) is 4.79 Å². The first-order valence-electron chi connectivity index (χ1n) is 5.95. The quantitative estimate of drug-likeness (QED) is 0.782. The Labute approximate surface area is 96.0 Å². The SMILES string of the molecule is CCCN(C(=O)C1CCCS1)C1CNC1. The van der Waals surface area contributed by atoms with Crippen molar-refractivity contribution in [3.63, 3.8) is 0 Å². The van der Waals surface area contributed by atoms with E-state index < -0.39 is 0 Å². The average molecular weight is 228 g/mol. The normalized spacial score (nSPS) is 26.3. The van der Waals surface area contributed by atoms with E-state index in [2.05, 4.69) is 17.1 Å². The molecule has 0 aliphatic carbocycles. The van der Waals surface area contributed by atoms with Crippen molar-refractivity contribution in [3.05, 3.63) is 0 Å². The van der Waals surface area contributed by atoms with E-state index in [0.717, 1.165) is 32.5 Å². The minimum Gasteiger partial charge on any atom is -0.336 e. The Bertz CT molecular complexity index is 225. The highest BCUT2D eigenvalue weighted by Gasteiger charge is 2.33. The topological polar surface area (TPSA) is 32.3 Å². The largest absolute Gasteiger partial charge is 0.336 e. The Kier molecular flexibility index (Phi) is 3.92. The molecule has 0 radical (unpaired) electrons. The van der Waals surface area contributed by atoms with E-state index in [1.807, 2.05) is 11.8 Å². The molecule has 86 valence electrons. The van der Waals surface area contributed by atoms with E-state index >= 15 is 0 Å². The van der Waals surface area contributed by atoms with Gasteiger partial charge in [0.05, 0.1) is 11.3 Å². The number of amides is 1. The van der Waals surface area contributed by atoms with E-state index in [1.165, 1.54) is 12.2 Å². The number of nitrogens with zero attached hydrogens (tertiary/aromatic N) is 1. The third-order valence-electron chi connectivity index (χ3n) is 3.15. The van der Waals surface area contributed by atoms with Crippen molar-refractivity contribution >= 4 is 17.7 Å². The predicted molar refractivity (Wildman–Crippen MR) is 64.1 cm³/mol. The molecule has 1 atom stereocenters. The molecule has 15 heavy (non-hydrogen) atoms. The fraction of sp³-hybridized carbons (Fsp3) is 0.909. The molecule has 2 aliphatic rings. The van der Waals surface area contributed by atoms with Gasteiger partial charge in [-0.1, -0.05) is 6.92 Å². The van der Waals surface area contributed by atoms with Crippen LogP contribution in [0, 0.1) is 0 Å². The summed E-state index contributed by atoms with van der Waals surface area (Å²) < 4.78 is 0. The van der Waals surface area contributed by atoms with E-state index in [0.29, 0.717) is 11.9 Å². The summed E-state index contributed by atoms with van der Waals surface area (Å²) in [5.41, 5.74) is 0. The van der Waals surface area contributed by atoms with Crippen LogP contribution in [-0.4, -0.2) is 47.5 Å². The zero-order valence-electron chi connectivity index (χ0n) is 9.37. The lowest BCUT2D eigenvalue weighted by atomic mass is 10.1. The van der Waals surface area contributed by atoms with Gasteiger partial charge in [-0.05, 0) is 25.0 Å². The van der Waals surface area contributed by atoms with Gasteiger partial charge in [0.25, 0.3) is 0 Å². The molecule has 0 aromatic carbocycles. The molecule has 1 N–H and O–H groups in total. The van der Waals surface area contributed by atoms with Crippen LogP contribution in [0.25, 0.3) is 0 Å². The van der Waals surface area contributed by atoms with Crippen molar-refractivity contribution in [1.29, 1.82) is 0 Å². The zero-order chi connectivity index (χ0) is 10.7. The van der Waals surface area contributed by atoms with Crippen molar-refractivity contribution in [2.45, 2.75) is 37.5 Å². The van der Waals surface area contributed by atoms with Crippen molar-refractivity contribution in [2.24, 2.45) is 0 Å². The highest BCUT2D eigenvalue weighted by molar-refractivity contribution is 8.00. The Morgan fingerprint density at radius 3 is 2.80 bits per heavy atom. The maximum atomic E-state index is 12.2. The number of carbonyl (C=O) groups is 1. The van der Waals surface area contributed by atoms with Crippen LogP contribution in [0.3, 0.4) is 0 Å². The Hall–Kier alpha value is -0.220. The van der Waals surface area contributed by atoms with Gasteiger partial charge in [-0.25, -0.2) is 0 Å². The molecule has 3 nitrogen and oxygen atoms in total. The molecule has 2 rings (SSSR count). The summed E-state index contributed by atoms with van der Waals surface area (Å²) in [5, 5.41) is 3.51. The number of rotatable bonds is 4. The van der Waals surface area contributed by atoms with Crippen molar-refractivity contribution < 1.29 is 4.79 Å². The number of thioether (sulfide) groups is 1. The summed E-state index contributed by atoms with van der Waals surface area (Å²) in [6.07, 6.45) is 3.37. The highest BCUT2D eigenvalue weighted by Crippen LogP contribution is 2.28. The first kappa shape index (κ1) is 11.3. The van der Waals surface area contributed by atoms with Crippen LogP contribution < -0.4 is 5.32 Å². The fourth-order valence-corrected chi connectivity index (χ4v) is 3.39. The molecule has 0 aromatic rings. The van der Waals surface area contributed by atoms with Gasteiger partial charge in [0, 0.05) is 19.6 Å². The van der Waals surface area contributed by atoms with Crippen LogP contribution in [0.1, 0.15) is 26.2 Å². The van der Waals surface area contributed by atoms with Gasteiger partial charge in [0.15, 0.2) is 0 Å². The molecule has 0 saturated carbocycles. The van der Waals surface area contributed by atoms with E-state index in [9.17, 15) is 4.79 Å². The van der Waals surface area contributed by atoms with Crippen LogP contribution in [-0.2, 0) is 4.79 Å². The number of hydrogen-bond donors (Lipinski definition) is 1. The van der Waals surface area contributed by atoms with Crippen molar-refractivity contribution in [3.8, 4) is 0 Å². The maximum absolute atomic E-state index is 12.2. The molecule has 2 heterocycles. The summed E-state index contributed by atoms with van der Waals surface area (Å²) in [6, 6.07) is 0.471. The van der Waals surface area contributed by atoms with Crippen LogP contribution in [0.4, 0.5) is 0 Å². The van der Waals surface area contributed by atoms with E-state index in [1.54, 1.807) is 0 Å². The number of hydrogen-bond acceptors (Lipinski definition) is 3. The second-order valence-corrected chi connectivity index (χ2v) is 5.66. The lowest BCUT2D eigenvalue weighted by molar-refractivity contribution is -0.134. The molecular formula is C11H20N2OS. The summed E-state index contributed by atoms with van der Waals surface area (Å²) in [7, 11) is 0. The van der Waals surface area contributed by atoms with Crippen molar-refractivity contribution in [1.82, 2.24) is 10.2 Å². The lowest BCUT2D eigenvalue weighted by Gasteiger charge is -2.39. The van der Waals surface area contributed by atoms with Gasteiger partial charge in [0.1, 0.15) is 0 Å². The zero-order valence-corrected chi connectivity index (χ0v) is 10.2. The van der Waals surface area contributed by atoms with Gasteiger partial charge in [-0.2, -0.15) is 0 Å². The molecule has 0 spiro atoms. The summed E-state index contributed by atoms with van der Waals surface area (Å²) in [5.74, 6) is 1.56. The van der Waals surface area contributed by atoms with Crippen LogP contribution >= 0.6 is 11.8 Å². The second kappa shape index (κ2) is 5.21. The molecule has 2 saturated heterocycles. The Morgan fingerprint density at radius 2 is 2.33 bits per heavy atom. The summed E-state index contributed by atoms with van der Waals surface area (Å²) >= 11 is 1.85. The van der Waals surface area contributed by atoms with Gasteiger partial charge >= 0.3 is 0 Å². The standard InChI is InChI=1S/C11H20N2OS/c1-2-5-13(9-7-12-8-9)11(14)10-4-3-6-15-10/h9-10,12H,2-8H2,1H3. The lowest BCUT2D eigenvalue weighted by Crippen LogP contribution is -2.60. The first-order valence-corrected chi connectivity index (χ1v) is 7.00. The van der Waals surface area contributed by atoms with Gasteiger partial charge < -0.3 is 10.2 Å². The van der Waals surface area contributed by atoms with E-state index in [-0.39, 0.29) is 5.25 Å². The van der Waals surface area contributed by atoms with Gasteiger partial charge in [0.2, 0.25) is 5.91 Å².